The molecular weight excluding hydrogens is 291 g/mol. The highest BCUT2D eigenvalue weighted by atomic mass is 19.1. The first kappa shape index (κ1) is 17.3. The van der Waals surface area contributed by atoms with E-state index in [9.17, 15) is 4.39 Å². The van der Waals surface area contributed by atoms with Crippen LogP contribution >= 0.6 is 0 Å². The van der Waals surface area contributed by atoms with Crippen LogP contribution < -0.4 is 9.47 Å². The standard InChI is InChI=1S/C9H9FO.C9H10O.C2H6/c1-6-4-7-2-3-11-9(7)5-8(6)10;1-7-6-10-9-5-3-2-4-8(7)9;1-2/h4-5H,2-3H2,1H3;2-5,7H,6H2,1H3;1-2H3. The monoisotopic (exact) mass is 316 g/mol. The zero-order valence-corrected chi connectivity index (χ0v) is 14.4. The van der Waals surface area contributed by atoms with Gasteiger partial charge in [-0.2, -0.15) is 0 Å². The normalized spacial score (nSPS) is 16.7. The Labute approximate surface area is 138 Å². The molecule has 0 aliphatic carbocycles. The fraction of sp³-hybridized carbons (Fsp3) is 0.400. The predicted molar refractivity (Wildman–Crippen MR) is 92.0 cm³/mol. The molecule has 2 aromatic carbocycles. The average molecular weight is 316 g/mol. The van der Waals surface area contributed by atoms with E-state index in [1.807, 2.05) is 32.0 Å². The highest BCUT2D eigenvalue weighted by Gasteiger charge is 2.18. The van der Waals surface area contributed by atoms with Gasteiger partial charge in [-0.3, -0.25) is 0 Å². The molecule has 23 heavy (non-hydrogen) atoms. The molecule has 1 atom stereocenters. The second-order valence-electron chi connectivity index (χ2n) is 5.56. The van der Waals surface area contributed by atoms with Crippen LogP contribution in [0.25, 0.3) is 0 Å². The molecule has 0 N–H and O–H groups in total. The second kappa shape index (κ2) is 8.00. The topological polar surface area (TPSA) is 18.5 Å². The van der Waals surface area contributed by atoms with Crippen molar-refractivity contribution < 1.29 is 13.9 Å². The molecule has 0 saturated carbocycles. The van der Waals surface area contributed by atoms with Crippen molar-refractivity contribution in [2.75, 3.05) is 13.2 Å². The summed E-state index contributed by atoms with van der Waals surface area (Å²) < 4.78 is 23.5. The van der Waals surface area contributed by atoms with E-state index in [2.05, 4.69) is 19.1 Å². The first-order chi connectivity index (χ1) is 11.1. The molecule has 3 heteroatoms. The molecule has 1 unspecified atom stereocenters. The van der Waals surface area contributed by atoms with Gasteiger partial charge < -0.3 is 9.47 Å². The Hall–Kier alpha value is -2.03. The first-order valence-corrected chi connectivity index (χ1v) is 8.28. The van der Waals surface area contributed by atoms with Crippen molar-refractivity contribution >= 4 is 0 Å². The van der Waals surface area contributed by atoms with Gasteiger partial charge in [-0.1, -0.05) is 39.0 Å². The predicted octanol–water partition coefficient (Wildman–Crippen LogP) is 5.28. The van der Waals surface area contributed by atoms with E-state index in [1.165, 1.54) is 11.6 Å². The summed E-state index contributed by atoms with van der Waals surface area (Å²) in [4.78, 5) is 0. The van der Waals surface area contributed by atoms with Crippen LogP contribution in [0.4, 0.5) is 4.39 Å². The zero-order chi connectivity index (χ0) is 16.8. The van der Waals surface area contributed by atoms with Gasteiger partial charge in [-0.15, -0.1) is 0 Å². The third kappa shape index (κ3) is 4.04. The van der Waals surface area contributed by atoms with Gasteiger partial charge in [0.1, 0.15) is 17.3 Å². The minimum Gasteiger partial charge on any atom is -0.493 e. The number of aryl methyl sites for hydroxylation is 1. The Morgan fingerprint density at radius 1 is 1.04 bits per heavy atom. The molecular formula is C20H25FO2. The summed E-state index contributed by atoms with van der Waals surface area (Å²) in [5.41, 5.74) is 3.18. The van der Waals surface area contributed by atoms with Crippen molar-refractivity contribution in [2.45, 2.75) is 40.0 Å². The summed E-state index contributed by atoms with van der Waals surface area (Å²) in [6.45, 7) is 9.50. The Balaban J connectivity index is 0.000000152. The minimum atomic E-state index is -0.175. The number of benzene rings is 2. The number of ether oxygens (including phenoxy) is 2. The summed E-state index contributed by atoms with van der Waals surface area (Å²) in [5, 5.41) is 0. The fourth-order valence-electron chi connectivity index (χ4n) is 2.65. The third-order valence-electron chi connectivity index (χ3n) is 3.91. The lowest BCUT2D eigenvalue weighted by atomic mass is 10.0. The van der Waals surface area contributed by atoms with Crippen LogP contribution in [0.15, 0.2) is 36.4 Å². The number of para-hydroxylation sites is 1. The summed E-state index contributed by atoms with van der Waals surface area (Å²) in [6.07, 6.45) is 0.913. The SMILES string of the molecule is CC.CC1COc2ccccc21.Cc1cc2c(cc1F)OCC2. The number of rotatable bonds is 0. The van der Waals surface area contributed by atoms with Crippen LogP contribution in [0.5, 0.6) is 11.5 Å². The van der Waals surface area contributed by atoms with Gasteiger partial charge in [0.05, 0.1) is 13.2 Å². The van der Waals surface area contributed by atoms with Gasteiger partial charge in [0, 0.05) is 24.0 Å². The van der Waals surface area contributed by atoms with Gasteiger partial charge in [-0.05, 0) is 30.2 Å². The largest absolute Gasteiger partial charge is 0.493 e. The van der Waals surface area contributed by atoms with E-state index in [0.29, 0.717) is 23.8 Å². The van der Waals surface area contributed by atoms with Crippen LogP contribution in [-0.4, -0.2) is 13.2 Å². The van der Waals surface area contributed by atoms with E-state index in [1.54, 1.807) is 6.92 Å². The molecule has 2 nitrogen and oxygen atoms in total. The van der Waals surface area contributed by atoms with Gasteiger partial charge in [-0.25, -0.2) is 4.39 Å². The maximum atomic E-state index is 12.9. The van der Waals surface area contributed by atoms with Crippen LogP contribution in [-0.2, 0) is 6.42 Å². The van der Waals surface area contributed by atoms with Gasteiger partial charge in [0.2, 0.25) is 0 Å². The van der Waals surface area contributed by atoms with Crippen LogP contribution in [0.2, 0.25) is 0 Å². The molecule has 2 aliphatic rings. The van der Waals surface area contributed by atoms with E-state index in [-0.39, 0.29) is 5.82 Å². The molecule has 0 radical (unpaired) electrons. The lowest BCUT2D eigenvalue weighted by Crippen LogP contribution is -1.93. The molecule has 124 valence electrons. The summed E-state index contributed by atoms with van der Waals surface area (Å²) in [7, 11) is 0. The Morgan fingerprint density at radius 3 is 2.52 bits per heavy atom. The number of hydrogen-bond donors (Lipinski definition) is 0. The van der Waals surface area contributed by atoms with Crippen molar-refractivity contribution in [1.29, 1.82) is 0 Å². The van der Waals surface area contributed by atoms with E-state index in [0.717, 1.165) is 24.3 Å². The highest BCUT2D eigenvalue weighted by Crippen LogP contribution is 2.32. The zero-order valence-electron chi connectivity index (χ0n) is 14.4. The van der Waals surface area contributed by atoms with Crippen molar-refractivity contribution in [1.82, 2.24) is 0 Å². The fourth-order valence-corrected chi connectivity index (χ4v) is 2.65. The van der Waals surface area contributed by atoms with Gasteiger partial charge in [0.25, 0.3) is 0 Å². The van der Waals surface area contributed by atoms with Crippen molar-refractivity contribution in [3.05, 3.63) is 58.9 Å². The van der Waals surface area contributed by atoms with E-state index >= 15 is 0 Å². The minimum absolute atomic E-state index is 0.175. The lowest BCUT2D eigenvalue weighted by molar-refractivity contribution is 0.337. The van der Waals surface area contributed by atoms with Crippen molar-refractivity contribution in [2.24, 2.45) is 0 Å². The molecule has 2 heterocycles. The molecule has 0 bridgehead atoms. The molecule has 0 aromatic heterocycles. The third-order valence-corrected chi connectivity index (χ3v) is 3.91. The average Bonchev–Trinajstić information content (AvgIpc) is 3.18. The quantitative estimate of drug-likeness (QED) is 0.658. The number of halogens is 1. The Morgan fingerprint density at radius 2 is 1.78 bits per heavy atom. The second-order valence-corrected chi connectivity index (χ2v) is 5.56. The van der Waals surface area contributed by atoms with Crippen molar-refractivity contribution in [3.63, 3.8) is 0 Å². The smallest absolute Gasteiger partial charge is 0.129 e. The molecule has 0 saturated heterocycles. The van der Waals surface area contributed by atoms with E-state index < -0.39 is 0 Å². The van der Waals surface area contributed by atoms with Crippen LogP contribution in [0.3, 0.4) is 0 Å². The summed E-state index contributed by atoms with van der Waals surface area (Å²) in [5.74, 6) is 2.19. The van der Waals surface area contributed by atoms with Crippen molar-refractivity contribution in [3.8, 4) is 11.5 Å². The molecule has 4 rings (SSSR count). The Bertz CT molecular complexity index is 623. The van der Waals surface area contributed by atoms with Crippen LogP contribution in [0, 0.1) is 12.7 Å². The molecule has 0 amide bonds. The van der Waals surface area contributed by atoms with Crippen LogP contribution in [0.1, 0.15) is 43.4 Å². The number of hydrogen-bond acceptors (Lipinski definition) is 2. The lowest BCUT2D eigenvalue weighted by Gasteiger charge is -2.00. The molecule has 0 fully saturated rings. The summed E-state index contributed by atoms with van der Waals surface area (Å²) >= 11 is 0. The highest BCUT2D eigenvalue weighted by molar-refractivity contribution is 5.40. The molecule has 2 aromatic rings. The maximum absolute atomic E-state index is 12.9. The molecule has 2 aliphatic heterocycles. The summed E-state index contributed by atoms with van der Waals surface area (Å²) in [6, 6.07) is 11.6. The first-order valence-electron chi connectivity index (χ1n) is 8.28. The Kier molecular flexibility index (Phi) is 6.03. The number of fused-ring (bicyclic) bond motifs is 2. The van der Waals surface area contributed by atoms with E-state index in [4.69, 9.17) is 9.47 Å². The molecule has 0 spiro atoms. The van der Waals surface area contributed by atoms with Gasteiger partial charge in [0.15, 0.2) is 0 Å². The van der Waals surface area contributed by atoms with Gasteiger partial charge >= 0.3 is 0 Å². The maximum Gasteiger partial charge on any atom is 0.129 e.